The Morgan fingerprint density at radius 3 is 1.38 bits per heavy atom. The van der Waals surface area contributed by atoms with Gasteiger partial charge in [-0.3, -0.25) is 53.2 Å². The predicted octanol–water partition coefficient (Wildman–Crippen LogP) is 9.72. The molecule has 1 heterocycles. The molecule has 0 aliphatic heterocycles. The minimum absolute atomic E-state index is 0.119. The number of hydrogen-bond donors (Lipinski definition) is 0. The Balaban J connectivity index is 0.899. The first kappa shape index (κ1) is 55.8. The lowest BCUT2D eigenvalue weighted by molar-refractivity contribution is -0.145. The van der Waals surface area contributed by atoms with Crippen LogP contribution in [0.4, 0.5) is 0 Å². The SMILES string of the molecule is CC(=O)OCCc1ccc(OC(=O)C2CCC(C(=O)Oc3ccc(OC(=O)C4CCC(C(=O)Oc5ccc(C(=O)N(C)N(C)C(=O)c6ccc(OC(C)=O)cc6)cc5)CC4)c(/C=C/C(=O)c4ccc(Cl)s4)c3)CC2)cc1. The summed E-state index contributed by atoms with van der Waals surface area (Å²) in [6, 6.07) is 26.5. The van der Waals surface area contributed by atoms with Crippen molar-refractivity contribution in [2.45, 2.75) is 71.6 Å². The van der Waals surface area contributed by atoms with E-state index in [4.69, 9.17) is 40.0 Å². The van der Waals surface area contributed by atoms with Crippen LogP contribution < -0.4 is 23.7 Å². The maximum Gasteiger partial charge on any atom is 0.314 e. The van der Waals surface area contributed by atoms with E-state index < -0.39 is 59.4 Å². The van der Waals surface area contributed by atoms with E-state index in [2.05, 4.69) is 0 Å². The van der Waals surface area contributed by atoms with Gasteiger partial charge in [0.05, 0.1) is 39.5 Å². The molecule has 2 fully saturated rings. The summed E-state index contributed by atoms with van der Waals surface area (Å²) >= 11 is 7.17. The van der Waals surface area contributed by atoms with Gasteiger partial charge in [-0.1, -0.05) is 23.7 Å². The molecule has 0 unspecified atom stereocenters. The van der Waals surface area contributed by atoms with E-state index >= 15 is 0 Å². The van der Waals surface area contributed by atoms with Gasteiger partial charge in [-0.25, -0.2) is 0 Å². The molecule has 2 amide bonds. The van der Waals surface area contributed by atoms with Crippen molar-refractivity contribution in [3.8, 4) is 28.7 Å². The van der Waals surface area contributed by atoms with E-state index in [1.54, 1.807) is 36.4 Å². The van der Waals surface area contributed by atoms with Gasteiger partial charge >= 0.3 is 35.8 Å². The van der Waals surface area contributed by atoms with Gasteiger partial charge in [0.15, 0.2) is 5.78 Å². The average molecular weight is 1080 g/mol. The highest BCUT2D eigenvalue weighted by molar-refractivity contribution is 7.18. The molecule has 1 aromatic heterocycles. The highest BCUT2D eigenvalue weighted by Gasteiger charge is 2.34. The maximum absolute atomic E-state index is 13.7. The van der Waals surface area contributed by atoms with Crippen molar-refractivity contribution in [2.75, 3.05) is 20.7 Å². The Hall–Kier alpha value is -7.96. The van der Waals surface area contributed by atoms with Crippen LogP contribution in [0.3, 0.4) is 0 Å². The normalized spacial score (nSPS) is 17.1. The molecule has 2 aliphatic rings. The number of thiophene rings is 1. The zero-order valence-corrected chi connectivity index (χ0v) is 43.7. The second-order valence-corrected chi connectivity index (χ2v) is 20.0. The lowest BCUT2D eigenvalue weighted by Gasteiger charge is -2.28. The summed E-state index contributed by atoms with van der Waals surface area (Å²) in [5.74, 6) is -4.90. The third-order valence-electron chi connectivity index (χ3n) is 13.0. The molecule has 0 bridgehead atoms. The fraction of sp³-hybridized carbons (Fsp3) is 0.316. The molecular formula is C57H55ClN2O15S. The number of carbonyl (C=O) groups excluding carboxylic acids is 9. The van der Waals surface area contributed by atoms with Gasteiger partial charge in [0.2, 0.25) is 0 Å². The van der Waals surface area contributed by atoms with Crippen LogP contribution in [0.25, 0.3) is 6.08 Å². The number of amides is 2. The molecular weight excluding hydrogens is 1020 g/mol. The fourth-order valence-corrected chi connectivity index (χ4v) is 9.57. The van der Waals surface area contributed by atoms with Crippen LogP contribution in [0.15, 0.2) is 109 Å². The highest BCUT2D eigenvalue weighted by Crippen LogP contribution is 2.35. The van der Waals surface area contributed by atoms with Crippen molar-refractivity contribution in [1.29, 1.82) is 0 Å². The highest BCUT2D eigenvalue weighted by atomic mass is 35.5. The number of esters is 6. The minimum Gasteiger partial charge on any atom is -0.466 e. The van der Waals surface area contributed by atoms with Crippen LogP contribution in [0.1, 0.15) is 107 Å². The van der Waals surface area contributed by atoms with Gasteiger partial charge in [-0.15, -0.1) is 11.3 Å². The van der Waals surface area contributed by atoms with E-state index in [1.165, 1.54) is 107 Å². The predicted molar refractivity (Wildman–Crippen MR) is 278 cm³/mol. The molecule has 0 radical (unpaired) electrons. The molecule has 0 N–H and O–H groups in total. The summed E-state index contributed by atoms with van der Waals surface area (Å²) in [6.45, 7) is 2.86. The average Bonchev–Trinajstić information content (AvgIpc) is 3.86. The van der Waals surface area contributed by atoms with Crippen LogP contribution in [0.2, 0.25) is 4.34 Å². The molecule has 2 saturated carbocycles. The Morgan fingerprint density at radius 2 is 0.947 bits per heavy atom. The Labute approximate surface area is 447 Å². The smallest absolute Gasteiger partial charge is 0.314 e. The number of allylic oxidation sites excluding steroid dienone is 1. The number of hydrogen-bond acceptors (Lipinski definition) is 16. The Morgan fingerprint density at radius 1 is 0.526 bits per heavy atom. The Bertz CT molecular complexity index is 2990. The molecule has 76 heavy (non-hydrogen) atoms. The van der Waals surface area contributed by atoms with Crippen molar-refractivity contribution in [3.05, 3.63) is 141 Å². The van der Waals surface area contributed by atoms with Crippen molar-refractivity contribution in [3.63, 3.8) is 0 Å². The van der Waals surface area contributed by atoms with E-state index in [-0.39, 0.29) is 58.5 Å². The van der Waals surface area contributed by atoms with Gasteiger partial charge in [0.25, 0.3) is 11.8 Å². The third-order valence-corrected chi connectivity index (χ3v) is 14.2. The van der Waals surface area contributed by atoms with Crippen LogP contribution in [0, 0.1) is 23.7 Å². The molecule has 0 atom stereocenters. The number of rotatable bonds is 17. The standard InChI is InChI=1S/C57H55ClN2O15S/c1-34(61)70-32-31-36-5-20-45(21-6-36)72-54(66)39-7-9-41(10-8-39)56(68)74-47-26-28-49(43(33-47)19-27-48(63)50-29-30-51(58)76-50)75-57(69)42-13-11-40(12-14-42)55(67)73-46-24-17-38(18-25-46)53(65)60(4)59(3)52(64)37-15-22-44(23-16-37)71-35(2)62/h5-6,15-30,33,39-42H,7-14,31-32H2,1-4H3/b27-19+. The molecule has 0 spiro atoms. The summed E-state index contributed by atoms with van der Waals surface area (Å²) in [6.07, 6.45) is 6.26. The molecule has 396 valence electrons. The van der Waals surface area contributed by atoms with Crippen LogP contribution in [0.5, 0.6) is 28.7 Å². The van der Waals surface area contributed by atoms with Gasteiger partial charge in [-0.2, -0.15) is 0 Å². The van der Waals surface area contributed by atoms with Gasteiger partial charge in [0.1, 0.15) is 28.7 Å². The topological polar surface area (TPSA) is 215 Å². The van der Waals surface area contributed by atoms with Gasteiger partial charge < -0.3 is 28.4 Å². The first-order valence-electron chi connectivity index (χ1n) is 24.6. The van der Waals surface area contributed by atoms with E-state index in [0.717, 1.165) is 26.9 Å². The number of halogens is 1. The molecule has 4 aromatic carbocycles. The number of ether oxygens (including phenoxy) is 6. The third kappa shape index (κ3) is 15.3. The zero-order chi connectivity index (χ0) is 54.5. The Kier molecular flexibility index (Phi) is 19.1. The van der Waals surface area contributed by atoms with Crippen molar-refractivity contribution >= 4 is 82.4 Å². The van der Waals surface area contributed by atoms with Crippen molar-refractivity contribution in [1.82, 2.24) is 10.0 Å². The zero-order valence-electron chi connectivity index (χ0n) is 42.2. The summed E-state index contributed by atoms with van der Waals surface area (Å²) in [5.41, 5.74) is 1.70. The van der Waals surface area contributed by atoms with Crippen LogP contribution in [-0.4, -0.2) is 84.1 Å². The first-order chi connectivity index (χ1) is 36.4. The minimum atomic E-state index is -0.557. The van der Waals surface area contributed by atoms with Crippen LogP contribution >= 0.6 is 22.9 Å². The first-order valence-corrected chi connectivity index (χ1v) is 25.8. The second-order valence-electron chi connectivity index (χ2n) is 18.3. The molecule has 5 aromatic rings. The quantitative estimate of drug-likeness (QED) is 0.0278. The number of benzene rings is 4. The summed E-state index contributed by atoms with van der Waals surface area (Å²) in [4.78, 5) is 115. The van der Waals surface area contributed by atoms with E-state index in [1.807, 2.05) is 0 Å². The monoisotopic (exact) mass is 1070 g/mol. The molecule has 2 aliphatic carbocycles. The van der Waals surface area contributed by atoms with E-state index in [9.17, 15) is 43.2 Å². The number of ketones is 1. The lowest BCUT2D eigenvalue weighted by Crippen LogP contribution is -2.44. The largest absolute Gasteiger partial charge is 0.466 e. The number of nitrogens with zero attached hydrogens (tertiary/aromatic N) is 2. The summed E-state index contributed by atoms with van der Waals surface area (Å²) in [7, 11) is 2.87. The fourth-order valence-electron chi connectivity index (χ4n) is 8.61. The molecule has 17 nitrogen and oxygen atoms in total. The van der Waals surface area contributed by atoms with Gasteiger partial charge in [-0.05, 0) is 160 Å². The van der Waals surface area contributed by atoms with Gasteiger partial charge in [0, 0.05) is 51.1 Å². The van der Waals surface area contributed by atoms with Crippen LogP contribution in [-0.2, 0) is 39.9 Å². The maximum atomic E-state index is 13.7. The molecule has 19 heteroatoms. The number of carbonyl (C=O) groups is 9. The summed E-state index contributed by atoms with van der Waals surface area (Å²) < 4.78 is 33.4. The second kappa shape index (κ2) is 26.0. The van der Waals surface area contributed by atoms with Crippen molar-refractivity contribution in [2.24, 2.45) is 23.7 Å². The van der Waals surface area contributed by atoms with Crippen molar-refractivity contribution < 1.29 is 71.6 Å². The van der Waals surface area contributed by atoms with E-state index in [0.29, 0.717) is 78.3 Å². The summed E-state index contributed by atoms with van der Waals surface area (Å²) in [5, 5.41) is 2.28. The molecule has 7 rings (SSSR count). The lowest BCUT2D eigenvalue weighted by atomic mass is 9.82. The molecule has 0 saturated heterocycles. The number of hydrazine groups is 1.